The molecule has 0 spiro atoms. The molecule has 2 aliphatic rings. The van der Waals surface area contributed by atoms with E-state index in [4.69, 9.17) is 28.4 Å². The van der Waals surface area contributed by atoms with Crippen molar-refractivity contribution in [2.75, 3.05) is 27.4 Å². The lowest BCUT2D eigenvalue weighted by atomic mass is 9.91. The summed E-state index contributed by atoms with van der Waals surface area (Å²) >= 11 is 0. The van der Waals surface area contributed by atoms with E-state index in [2.05, 4.69) is 6.58 Å². The molecule has 8 nitrogen and oxygen atoms in total. The van der Waals surface area contributed by atoms with Gasteiger partial charge in [-0.05, 0) is 38.3 Å². The molecule has 58 heavy (non-hydrogen) atoms. The van der Waals surface area contributed by atoms with E-state index in [1.54, 1.807) is 68.5 Å². The van der Waals surface area contributed by atoms with Crippen molar-refractivity contribution >= 4 is 11.9 Å². The van der Waals surface area contributed by atoms with Crippen molar-refractivity contribution in [3.8, 4) is 0 Å². The van der Waals surface area contributed by atoms with Crippen LogP contribution in [0.3, 0.4) is 0 Å². The Bertz CT molecular complexity index is 1820. The third-order valence-corrected chi connectivity index (χ3v) is 10.0. The zero-order valence-electron chi connectivity index (χ0n) is 32.6. The van der Waals surface area contributed by atoms with Gasteiger partial charge in [-0.2, -0.15) is 26.3 Å². The smallest absolute Gasteiger partial charge is 0.432 e. The first-order valence-corrected chi connectivity index (χ1v) is 18.6. The summed E-state index contributed by atoms with van der Waals surface area (Å²) in [6, 6.07) is 12.9. The van der Waals surface area contributed by atoms with Gasteiger partial charge in [-0.1, -0.05) is 122 Å². The van der Waals surface area contributed by atoms with E-state index in [-0.39, 0.29) is 26.1 Å². The number of carbonyl (C=O) groups excluding carboxylic acids is 2. The minimum absolute atomic E-state index is 0.0131. The molecule has 0 aromatic heterocycles. The lowest BCUT2D eigenvalue weighted by molar-refractivity contribution is -0.279. The summed E-state index contributed by atoms with van der Waals surface area (Å²) in [7, 11) is 1.56. The Hall–Kier alpha value is -4.76. The van der Waals surface area contributed by atoms with Crippen molar-refractivity contribution in [3.63, 3.8) is 0 Å². The molecule has 0 N–H and O–H groups in total. The van der Waals surface area contributed by atoms with Crippen LogP contribution in [0.1, 0.15) is 37.8 Å². The molecule has 0 amide bonds. The molecule has 0 unspecified atom stereocenters. The summed E-state index contributed by atoms with van der Waals surface area (Å²) in [5.74, 6) is -4.65. The fraction of sp³-hybridized carbons (Fsp3) is 0.409. The highest BCUT2D eigenvalue weighted by Crippen LogP contribution is 2.46. The number of rotatable bonds is 17. The number of alkyl halides is 6. The van der Waals surface area contributed by atoms with E-state index in [0.717, 1.165) is 38.5 Å². The monoisotopic (exact) mass is 818 g/mol. The largest absolute Gasteiger partial charge is 0.456 e. The summed E-state index contributed by atoms with van der Waals surface area (Å²) in [6.07, 6.45) is 2.07. The molecule has 4 rings (SSSR count). The summed E-state index contributed by atoms with van der Waals surface area (Å²) in [5.41, 5.74) is -7.31. The molecular formula is C44H48F6O8. The number of carbonyl (C=O) groups is 2. The molecular weight excluding hydrogens is 770 g/mol. The van der Waals surface area contributed by atoms with Gasteiger partial charge >= 0.3 is 24.3 Å². The van der Waals surface area contributed by atoms with Gasteiger partial charge in [-0.15, -0.1) is 0 Å². The number of hydrogen-bond acceptors (Lipinski definition) is 8. The van der Waals surface area contributed by atoms with E-state index < -0.39 is 82.9 Å². The van der Waals surface area contributed by atoms with E-state index >= 15 is 0 Å². The zero-order valence-corrected chi connectivity index (χ0v) is 32.6. The van der Waals surface area contributed by atoms with Gasteiger partial charge < -0.3 is 28.4 Å². The third kappa shape index (κ3) is 9.91. The average molecular weight is 819 g/mol. The summed E-state index contributed by atoms with van der Waals surface area (Å²) < 4.78 is 122. The average Bonchev–Trinajstić information content (AvgIpc) is 3.76. The van der Waals surface area contributed by atoms with Crippen molar-refractivity contribution in [2.24, 2.45) is 11.8 Å². The Morgan fingerprint density at radius 1 is 0.707 bits per heavy atom. The topological polar surface area (TPSA) is 89.5 Å². The maximum atomic E-state index is 14.8. The molecule has 2 fully saturated rings. The quantitative estimate of drug-likeness (QED) is 0.0888. The lowest BCUT2D eigenvalue weighted by Crippen LogP contribution is -2.53. The normalized spacial score (nSPS) is 25.4. The molecule has 14 heteroatoms. The number of halogens is 6. The predicted octanol–water partition coefficient (Wildman–Crippen LogP) is 9.21. The van der Waals surface area contributed by atoms with E-state index in [0.29, 0.717) is 5.57 Å². The lowest BCUT2D eigenvalue weighted by Gasteiger charge is -2.34. The molecule has 0 bridgehead atoms. The summed E-state index contributed by atoms with van der Waals surface area (Å²) in [5, 5.41) is 0. The molecule has 2 aromatic carbocycles. The van der Waals surface area contributed by atoms with Gasteiger partial charge in [0, 0.05) is 37.2 Å². The molecule has 0 radical (unpaired) electrons. The van der Waals surface area contributed by atoms with Crippen LogP contribution in [-0.2, 0) is 49.2 Å². The molecule has 2 aliphatic heterocycles. The number of ether oxygens (including phenoxy) is 6. The van der Waals surface area contributed by atoms with Gasteiger partial charge in [0.1, 0.15) is 18.3 Å². The van der Waals surface area contributed by atoms with Gasteiger partial charge in [0.25, 0.3) is 11.2 Å². The van der Waals surface area contributed by atoms with Gasteiger partial charge in [0.05, 0.1) is 19.3 Å². The Morgan fingerprint density at radius 3 is 1.59 bits per heavy atom. The summed E-state index contributed by atoms with van der Waals surface area (Å²) in [6.45, 7) is 7.43. The molecule has 2 heterocycles. The number of esters is 2. The van der Waals surface area contributed by atoms with Crippen LogP contribution < -0.4 is 0 Å². The number of methoxy groups -OCH3 is 2. The van der Waals surface area contributed by atoms with Crippen LogP contribution in [0.4, 0.5) is 26.3 Å². The van der Waals surface area contributed by atoms with Gasteiger partial charge in [0.15, 0.2) is 0 Å². The van der Waals surface area contributed by atoms with Crippen LogP contribution in [-0.4, -0.2) is 76.1 Å². The second kappa shape index (κ2) is 20.3. The highest BCUT2D eigenvalue weighted by atomic mass is 19.4. The van der Waals surface area contributed by atoms with Crippen LogP contribution >= 0.6 is 0 Å². The van der Waals surface area contributed by atoms with Crippen molar-refractivity contribution in [1.29, 1.82) is 0 Å². The number of allylic oxidation sites excluding steroid dienone is 8. The van der Waals surface area contributed by atoms with Gasteiger partial charge in [-0.3, -0.25) is 0 Å². The van der Waals surface area contributed by atoms with Crippen molar-refractivity contribution in [1.82, 2.24) is 0 Å². The second-order valence-electron chi connectivity index (χ2n) is 13.5. The highest BCUT2D eigenvalue weighted by Gasteiger charge is 2.66. The van der Waals surface area contributed by atoms with Gasteiger partial charge in [-0.25, -0.2) is 9.59 Å². The molecule has 8 atom stereocenters. The second-order valence-corrected chi connectivity index (χ2v) is 13.5. The van der Waals surface area contributed by atoms with Crippen LogP contribution in [0.15, 0.2) is 134 Å². The van der Waals surface area contributed by atoms with Crippen LogP contribution in [0.5, 0.6) is 0 Å². The Labute approximate surface area is 334 Å². The Morgan fingerprint density at radius 2 is 1.16 bits per heavy atom. The summed E-state index contributed by atoms with van der Waals surface area (Å²) in [4.78, 5) is 27.4. The maximum absolute atomic E-state index is 14.8. The standard InChI is InChI=1S/C44H48F6O8/c1-6-9-13-19-31-28-55-35(37(31)57-39(51)41(53-4,43(45,46)47)33-21-15-11-16-22-33)26-25-30(8-3)27-36-38(32(29-56-36)20-14-10-7-2)58-40(52)42(54-5,44(48,49)50)34-23-17-12-18-24-34/h6-24,27,31-32,35-38H,3,25-26,28-29H2,1-2,4-5H3/b9-6+,10-7+,19-13+,20-14+,30-27-/t31-,32-,35-,36-,37+,38+,41+,42+/m1/s1. The predicted molar refractivity (Wildman–Crippen MR) is 204 cm³/mol. The fourth-order valence-corrected chi connectivity index (χ4v) is 6.99. The number of benzene rings is 2. The minimum atomic E-state index is -5.21. The first-order valence-electron chi connectivity index (χ1n) is 18.6. The van der Waals surface area contributed by atoms with Crippen LogP contribution in [0.2, 0.25) is 0 Å². The van der Waals surface area contributed by atoms with E-state index in [1.165, 1.54) is 42.5 Å². The van der Waals surface area contributed by atoms with Crippen LogP contribution in [0, 0.1) is 11.8 Å². The van der Waals surface area contributed by atoms with Crippen molar-refractivity contribution < 1.29 is 64.4 Å². The third-order valence-electron chi connectivity index (χ3n) is 10.0. The van der Waals surface area contributed by atoms with Crippen molar-refractivity contribution in [2.45, 2.75) is 74.7 Å². The fourth-order valence-electron chi connectivity index (χ4n) is 6.99. The minimum Gasteiger partial charge on any atom is -0.456 e. The van der Waals surface area contributed by atoms with Crippen molar-refractivity contribution in [3.05, 3.63) is 145 Å². The molecule has 0 aliphatic carbocycles. The first kappa shape index (κ1) is 45.9. The first-order chi connectivity index (χ1) is 27.6. The Kier molecular flexibility index (Phi) is 16.1. The van der Waals surface area contributed by atoms with Gasteiger partial charge in [0.2, 0.25) is 0 Å². The zero-order chi connectivity index (χ0) is 42.6. The van der Waals surface area contributed by atoms with E-state index in [9.17, 15) is 35.9 Å². The number of hydrogen-bond donors (Lipinski definition) is 0. The molecule has 2 aromatic rings. The molecule has 0 saturated carbocycles. The Balaban J connectivity index is 1.64. The van der Waals surface area contributed by atoms with E-state index in [1.807, 2.05) is 0 Å². The maximum Gasteiger partial charge on any atom is 0.432 e. The molecule has 2 saturated heterocycles. The van der Waals surface area contributed by atoms with Crippen LogP contribution in [0.25, 0.3) is 0 Å². The molecule has 314 valence electrons. The highest BCUT2D eigenvalue weighted by molar-refractivity contribution is 5.83. The SMILES string of the molecule is C=C/C(=C/[C@H]1OC[C@@H](/C=C/C=C/C)[C@@H]1OC(=O)[C@@](OC)(c1ccccc1)C(F)(F)F)CC[C@H]1OC[C@@H](/C=C/C=C/C)[C@@H]1OC(=O)[C@@](OC)(c1ccccc1)C(F)(F)F.